The second-order valence-corrected chi connectivity index (χ2v) is 7.25. The lowest BCUT2D eigenvalue weighted by molar-refractivity contribution is -0.142. The number of amides is 3. The van der Waals surface area contributed by atoms with Crippen molar-refractivity contribution in [1.82, 2.24) is 15.5 Å². The zero-order valence-corrected chi connectivity index (χ0v) is 18.2. The smallest absolute Gasteiger partial charge is 0.321 e. The van der Waals surface area contributed by atoms with Gasteiger partial charge in [-0.25, -0.2) is 4.79 Å². The number of nitrogens with zero attached hydrogens (tertiary/aromatic N) is 1. The lowest BCUT2D eigenvalue weighted by Gasteiger charge is -2.36. The SMILES string of the molecule is CC[C@@H](C)NC(=O)NC(=O)CN1CCc2cc(OC)c(OC)cc2[C@@H]1CC(=O)OC. The van der Waals surface area contributed by atoms with E-state index in [1.165, 1.54) is 7.11 Å². The average Bonchev–Trinajstić information content (AvgIpc) is 2.73. The zero-order valence-electron chi connectivity index (χ0n) is 18.2. The standard InChI is InChI=1S/C21H31N3O6/c1-6-13(2)22-21(27)23-19(25)12-24-8-7-14-9-17(28-3)18(29-4)10-15(14)16(24)11-20(26)30-5/h9-10,13,16H,6-8,11-12H2,1-5H3,(H2,22,23,25,27)/t13-,16+/m1/s1. The lowest BCUT2D eigenvalue weighted by Crippen LogP contribution is -2.48. The highest BCUT2D eigenvalue weighted by atomic mass is 16.5. The van der Waals surface area contributed by atoms with E-state index in [2.05, 4.69) is 10.6 Å². The number of esters is 1. The summed E-state index contributed by atoms with van der Waals surface area (Å²) in [7, 11) is 4.44. The zero-order chi connectivity index (χ0) is 22.3. The molecule has 1 aliphatic rings. The molecule has 0 spiro atoms. The number of carbonyl (C=O) groups excluding carboxylic acids is 3. The molecule has 3 amide bonds. The molecule has 30 heavy (non-hydrogen) atoms. The van der Waals surface area contributed by atoms with Crippen LogP contribution in [0.4, 0.5) is 4.79 Å². The maximum absolute atomic E-state index is 12.5. The number of carbonyl (C=O) groups is 3. The van der Waals surface area contributed by atoms with Crippen LogP contribution in [0.1, 0.15) is 43.9 Å². The molecular weight excluding hydrogens is 390 g/mol. The van der Waals surface area contributed by atoms with Crippen LogP contribution in [-0.4, -0.2) is 63.3 Å². The Morgan fingerprint density at radius 2 is 1.83 bits per heavy atom. The Kier molecular flexibility index (Phi) is 8.46. The second-order valence-electron chi connectivity index (χ2n) is 7.25. The molecule has 0 unspecified atom stereocenters. The molecule has 166 valence electrons. The van der Waals surface area contributed by atoms with Crippen molar-refractivity contribution < 1.29 is 28.6 Å². The fourth-order valence-corrected chi connectivity index (χ4v) is 3.46. The van der Waals surface area contributed by atoms with Gasteiger partial charge in [0.2, 0.25) is 5.91 Å². The van der Waals surface area contributed by atoms with Crippen molar-refractivity contribution in [3.63, 3.8) is 0 Å². The molecule has 0 radical (unpaired) electrons. The quantitative estimate of drug-likeness (QED) is 0.617. The van der Waals surface area contributed by atoms with Gasteiger partial charge in [-0.3, -0.25) is 19.8 Å². The summed E-state index contributed by atoms with van der Waals surface area (Å²) in [6.45, 7) is 4.33. The molecule has 0 bridgehead atoms. The molecule has 0 aromatic heterocycles. The van der Waals surface area contributed by atoms with Gasteiger partial charge in [-0.2, -0.15) is 0 Å². The van der Waals surface area contributed by atoms with Crippen LogP contribution in [0, 0.1) is 0 Å². The first kappa shape index (κ1) is 23.5. The summed E-state index contributed by atoms with van der Waals surface area (Å²) in [5, 5.41) is 5.05. The molecule has 1 aliphatic heterocycles. The van der Waals surface area contributed by atoms with E-state index >= 15 is 0 Å². The summed E-state index contributed by atoms with van der Waals surface area (Å²) in [5.41, 5.74) is 1.90. The van der Waals surface area contributed by atoms with Crippen molar-refractivity contribution in [2.45, 2.75) is 45.2 Å². The minimum atomic E-state index is -0.525. The fourth-order valence-electron chi connectivity index (χ4n) is 3.46. The van der Waals surface area contributed by atoms with Gasteiger partial charge in [-0.1, -0.05) is 6.92 Å². The molecule has 0 saturated heterocycles. The first-order chi connectivity index (χ1) is 14.3. The number of imide groups is 1. The molecule has 0 saturated carbocycles. The Bertz CT molecular complexity index is 782. The normalized spacial score (nSPS) is 16.8. The average molecular weight is 421 g/mol. The summed E-state index contributed by atoms with van der Waals surface area (Å²) in [5.74, 6) is 0.337. The monoisotopic (exact) mass is 421 g/mol. The highest BCUT2D eigenvalue weighted by Gasteiger charge is 2.32. The van der Waals surface area contributed by atoms with Crippen LogP contribution in [0.2, 0.25) is 0 Å². The van der Waals surface area contributed by atoms with Gasteiger partial charge in [-0.15, -0.1) is 0 Å². The summed E-state index contributed by atoms with van der Waals surface area (Å²) >= 11 is 0. The molecule has 0 aliphatic carbocycles. The molecule has 1 aromatic rings. The van der Waals surface area contributed by atoms with Crippen LogP contribution in [0.25, 0.3) is 0 Å². The molecule has 2 N–H and O–H groups in total. The van der Waals surface area contributed by atoms with Crippen molar-refractivity contribution in [3.05, 3.63) is 23.3 Å². The van der Waals surface area contributed by atoms with Crippen LogP contribution in [0.15, 0.2) is 12.1 Å². The third kappa shape index (κ3) is 5.85. The van der Waals surface area contributed by atoms with Gasteiger partial charge in [0.1, 0.15) is 0 Å². The summed E-state index contributed by atoms with van der Waals surface area (Å²) in [6.07, 6.45) is 1.50. The van der Waals surface area contributed by atoms with Gasteiger partial charge in [0.15, 0.2) is 11.5 Å². The maximum Gasteiger partial charge on any atom is 0.321 e. The molecule has 9 heteroatoms. The van der Waals surface area contributed by atoms with E-state index in [0.29, 0.717) is 24.5 Å². The minimum Gasteiger partial charge on any atom is -0.493 e. The number of urea groups is 1. The Labute approximate surface area is 177 Å². The minimum absolute atomic E-state index is 0.0244. The van der Waals surface area contributed by atoms with Crippen LogP contribution >= 0.6 is 0 Å². The van der Waals surface area contributed by atoms with Gasteiger partial charge in [-0.05, 0) is 43.0 Å². The van der Waals surface area contributed by atoms with Crippen molar-refractivity contribution >= 4 is 17.9 Å². The number of fused-ring (bicyclic) bond motifs is 1. The van der Waals surface area contributed by atoms with Crippen LogP contribution < -0.4 is 20.1 Å². The third-order valence-corrected chi connectivity index (χ3v) is 5.29. The van der Waals surface area contributed by atoms with Crippen LogP contribution in [-0.2, 0) is 20.7 Å². The van der Waals surface area contributed by atoms with E-state index in [-0.39, 0.29) is 31.0 Å². The van der Waals surface area contributed by atoms with E-state index in [0.717, 1.165) is 17.5 Å². The van der Waals surface area contributed by atoms with Crippen molar-refractivity contribution in [3.8, 4) is 11.5 Å². The van der Waals surface area contributed by atoms with E-state index in [4.69, 9.17) is 14.2 Å². The van der Waals surface area contributed by atoms with E-state index in [9.17, 15) is 14.4 Å². The second kappa shape index (κ2) is 10.8. The van der Waals surface area contributed by atoms with Gasteiger partial charge in [0.05, 0.1) is 34.3 Å². The predicted octanol–water partition coefficient (Wildman–Crippen LogP) is 1.79. The summed E-state index contributed by atoms with van der Waals surface area (Å²) in [4.78, 5) is 38.3. The van der Waals surface area contributed by atoms with Crippen molar-refractivity contribution in [2.75, 3.05) is 34.4 Å². The number of benzene rings is 1. The van der Waals surface area contributed by atoms with E-state index in [1.54, 1.807) is 14.2 Å². The first-order valence-electron chi connectivity index (χ1n) is 9.98. The van der Waals surface area contributed by atoms with Gasteiger partial charge in [0.25, 0.3) is 0 Å². The fraction of sp³-hybridized carbons (Fsp3) is 0.571. The first-order valence-corrected chi connectivity index (χ1v) is 9.98. The van der Waals surface area contributed by atoms with Crippen LogP contribution in [0.5, 0.6) is 11.5 Å². The molecule has 2 atom stereocenters. The summed E-state index contributed by atoms with van der Waals surface area (Å²) in [6, 6.07) is 2.79. The van der Waals surface area contributed by atoms with Gasteiger partial charge < -0.3 is 19.5 Å². The van der Waals surface area contributed by atoms with Gasteiger partial charge >= 0.3 is 12.0 Å². The molecule has 2 rings (SSSR count). The summed E-state index contributed by atoms with van der Waals surface area (Å²) < 4.78 is 15.6. The topological polar surface area (TPSA) is 106 Å². The number of methoxy groups -OCH3 is 3. The highest BCUT2D eigenvalue weighted by Crippen LogP contribution is 2.39. The van der Waals surface area contributed by atoms with Crippen molar-refractivity contribution in [1.29, 1.82) is 0 Å². The Hall–Kier alpha value is -2.81. The Morgan fingerprint density at radius 3 is 2.43 bits per heavy atom. The Balaban J connectivity index is 2.22. The lowest BCUT2D eigenvalue weighted by atomic mass is 9.90. The third-order valence-electron chi connectivity index (χ3n) is 5.29. The number of rotatable bonds is 8. The van der Waals surface area contributed by atoms with Gasteiger partial charge in [0, 0.05) is 18.6 Å². The Morgan fingerprint density at radius 1 is 1.17 bits per heavy atom. The molecule has 1 heterocycles. The van der Waals surface area contributed by atoms with Crippen LogP contribution in [0.3, 0.4) is 0 Å². The molecule has 0 fully saturated rings. The molecule has 9 nitrogen and oxygen atoms in total. The van der Waals surface area contributed by atoms with E-state index in [1.807, 2.05) is 30.9 Å². The number of ether oxygens (including phenoxy) is 3. The molecular formula is C21H31N3O6. The number of hydrogen-bond acceptors (Lipinski definition) is 7. The highest BCUT2D eigenvalue weighted by molar-refractivity contribution is 5.95. The molecule has 1 aromatic carbocycles. The predicted molar refractivity (Wildman–Crippen MR) is 111 cm³/mol. The van der Waals surface area contributed by atoms with E-state index < -0.39 is 11.9 Å². The largest absolute Gasteiger partial charge is 0.493 e. The number of nitrogens with one attached hydrogen (secondary N) is 2. The van der Waals surface area contributed by atoms with Crippen molar-refractivity contribution in [2.24, 2.45) is 0 Å². The maximum atomic E-state index is 12.5. The number of hydrogen-bond donors (Lipinski definition) is 2.